The molecule has 1 aliphatic rings. The number of likely N-dealkylation sites (tertiary alicyclic amines) is 1. The molecule has 2 rings (SSSR count). The molecule has 3 heteroatoms. The van der Waals surface area contributed by atoms with E-state index in [9.17, 15) is 0 Å². The summed E-state index contributed by atoms with van der Waals surface area (Å²) >= 11 is 0. The number of anilines is 1. The van der Waals surface area contributed by atoms with E-state index >= 15 is 0 Å². The monoisotopic (exact) mass is 205 g/mol. The first kappa shape index (κ1) is 10.4. The molecule has 3 nitrogen and oxygen atoms in total. The molecule has 1 saturated heterocycles. The molecule has 2 N–H and O–H groups in total. The number of hydrogen-bond acceptors (Lipinski definition) is 3. The van der Waals surface area contributed by atoms with Crippen molar-refractivity contribution in [1.29, 1.82) is 0 Å². The summed E-state index contributed by atoms with van der Waals surface area (Å²) in [5, 5.41) is 0. The van der Waals surface area contributed by atoms with Crippen LogP contribution in [0.1, 0.15) is 36.4 Å². The maximum Gasteiger partial charge on any atom is 0.126 e. The molecule has 0 radical (unpaired) electrons. The molecule has 0 saturated carbocycles. The van der Waals surface area contributed by atoms with E-state index in [1.54, 1.807) is 0 Å². The summed E-state index contributed by atoms with van der Waals surface area (Å²) in [5.41, 5.74) is 8.13. The van der Waals surface area contributed by atoms with Gasteiger partial charge in [0.05, 0.1) is 0 Å². The smallest absolute Gasteiger partial charge is 0.126 e. The fraction of sp³-hybridized carbons (Fsp3) is 0.583. The van der Waals surface area contributed by atoms with Crippen molar-refractivity contribution in [1.82, 2.24) is 9.88 Å². The van der Waals surface area contributed by atoms with Crippen LogP contribution in [-0.2, 0) is 0 Å². The van der Waals surface area contributed by atoms with E-state index in [-0.39, 0.29) is 0 Å². The van der Waals surface area contributed by atoms with Crippen LogP contribution >= 0.6 is 0 Å². The Balaban J connectivity index is 2.24. The molecular formula is C12H19N3. The molecule has 2 heterocycles. The number of nitrogens with zero attached hydrogens (tertiary/aromatic N) is 2. The Morgan fingerprint density at radius 2 is 2.27 bits per heavy atom. The average Bonchev–Trinajstić information content (AvgIpc) is 2.23. The zero-order chi connectivity index (χ0) is 10.8. The van der Waals surface area contributed by atoms with Crippen molar-refractivity contribution < 1.29 is 0 Å². The molecular weight excluding hydrogens is 186 g/mol. The molecule has 0 unspecified atom stereocenters. The number of aryl methyl sites for hydroxylation is 1. The number of nitrogen functional groups attached to an aromatic ring is 1. The van der Waals surface area contributed by atoms with Crippen molar-refractivity contribution in [3.05, 3.63) is 23.4 Å². The minimum absolute atomic E-state index is 0.533. The number of hydrogen-bond donors (Lipinski definition) is 1. The van der Waals surface area contributed by atoms with E-state index in [2.05, 4.69) is 23.0 Å². The Labute approximate surface area is 91.3 Å². The van der Waals surface area contributed by atoms with Gasteiger partial charge in [-0.25, -0.2) is 4.98 Å². The minimum Gasteiger partial charge on any atom is -0.383 e. The molecule has 1 aromatic heterocycles. The van der Waals surface area contributed by atoms with Crippen molar-refractivity contribution in [2.45, 2.75) is 32.2 Å². The van der Waals surface area contributed by atoms with Crippen LogP contribution in [-0.4, -0.2) is 23.5 Å². The lowest BCUT2D eigenvalue weighted by molar-refractivity contribution is 0.187. The van der Waals surface area contributed by atoms with Crippen LogP contribution < -0.4 is 5.73 Å². The van der Waals surface area contributed by atoms with Gasteiger partial charge in [-0.2, -0.15) is 0 Å². The Hall–Kier alpha value is -1.09. The fourth-order valence-electron chi connectivity index (χ4n) is 2.29. The molecule has 82 valence electrons. The van der Waals surface area contributed by atoms with Gasteiger partial charge >= 0.3 is 0 Å². The summed E-state index contributed by atoms with van der Waals surface area (Å²) in [5.74, 6) is 0.650. The number of pyridine rings is 1. The highest BCUT2D eigenvalue weighted by Gasteiger charge is 2.20. The Kier molecular flexibility index (Phi) is 2.91. The first-order valence-corrected chi connectivity index (χ1v) is 5.61. The third-order valence-corrected chi connectivity index (χ3v) is 3.30. The summed E-state index contributed by atoms with van der Waals surface area (Å²) in [6.07, 6.45) is 5.79. The van der Waals surface area contributed by atoms with Crippen molar-refractivity contribution in [2.75, 3.05) is 19.3 Å². The van der Waals surface area contributed by atoms with Gasteiger partial charge in [-0.15, -0.1) is 0 Å². The van der Waals surface area contributed by atoms with Gasteiger partial charge in [0.15, 0.2) is 0 Å². The summed E-state index contributed by atoms with van der Waals surface area (Å²) in [6.45, 7) is 3.21. The number of aromatic nitrogens is 1. The largest absolute Gasteiger partial charge is 0.383 e. The molecule has 0 amide bonds. The maximum absolute atomic E-state index is 5.73. The Bertz CT molecular complexity index is 349. The van der Waals surface area contributed by atoms with Gasteiger partial charge in [-0.1, -0.05) is 6.42 Å². The van der Waals surface area contributed by atoms with Crippen LogP contribution in [0.4, 0.5) is 5.82 Å². The van der Waals surface area contributed by atoms with Crippen LogP contribution in [0, 0.1) is 6.92 Å². The molecule has 0 spiro atoms. The zero-order valence-electron chi connectivity index (χ0n) is 9.53. The number of nitrogens with two attached hydrogens (primary N) is 1. The van der Waals surface area contributed by atoms with Crippen molar-refractivity contribution in [2.24, 2.45) is 0 Å². The van der Waals surface area contributed by atoms with Crippen LogP contribution in [0.3, 0.4) is 0 Å². The molecule has 0 aromatic carbocycles. The highest BCUT2D eigenvalue weighted by atomic mass is 15.1. The van der Waals surface area contributed by atoms with Gasteiger partial charge in [-0.3, -0.25) is 4.90 Å². The second-order valence-electron chi connectivity index (χ2n) is 4.46. The van der Waals surface area contributed by atoms with Gasteiger partial charge in [0, 0.05) is 12.2 Å². The lowest BCUT2D eigenvalue weighted by Crippen LogP contribution is -2.29. The molecule has 15 heavy (non-hydrogen) atoms. The Morgan fingerprint density at radius 1 is 1.47 bits per heavy atom. The van der Waals surface area contributed by atoms with Crippen molar-refractivity contribution >= 4 is 5.82 Å². The number of piperidine rings is 1. The summed E-state index contributed by atoms with van der Waals surface area (Å²) in [4.78, 5) is 6.65. The van der Waals surface area contributed by atoms with E-state index in [0.717, 1.165) is 5.56 Å². The SMILES string of the molecule is Cc1cc([C@@H]2CCCCN2C)cnc1N. The highest BCUT2D eigenvalue weighted by molar-refractivity contribution is 5.40. The summed E-state index contributed by atoms with van der Waals surface area (Å²) in [7, 11) is 2.19. The lowest BCUT2D eigenvalue weighted by Gasteiger charge is -2.32. The maximum atomic E-state index is 5.73. The van der Waals surface area contributed by atoms with E-state index < -0.39 is 0 Å². The molecule has 1 aromatic rings. The molecule has 0 bridgehead atoms. The highest BCUT2D eigenvalue weighted by Crippen LogP contribution is 2.29. The van der Waals surface area contributed by atoms with Crippen molar-refractivity contribution in [3.63, 3.8) is 0 Å². The van der Waals surface area contributed by atoms with E-state index in [4.69, 9.17) is 5.73 Å². The molecule has 1 aliphatic heterocycles. The van der Waals surface area contributed by atoms with Crippen molar-refractivity contribution in [3.8, 4) is 0 Å². The van der Waals surface area contributed by atoms with Crippen LogP contribution in [0.2, 0.25) is 0 Å². The second kappa shape index (κ2) is 4.19. The summed E-state index contributed by atoms with van der Waals surface area (Å²) in [6, 6.07) is 2.71. The Morgan fingerprint density at radius 3 is 2.93 bits per heavy atom. The standard InChI is InChI=1S/C12H19N3/c1-9-7-10(8-14-12(9)13)11-5-3-4-6-15(11)2/h7-8,11H,3-6H2,1-2H3,(H2,13,14)/t11-/m0/s1. The lowest BCUT2D eigenvalue weighted by atomic mass is 9.96. The molecule has 0 aliphatic carbocycles. The van der Waals surface area contributed by atoms with Gasteiger partial charge < -0.3 is 5.73 Å². The van der Waals surface area contributed by atoms with Gasteiger partial charge in [0.1, 0.15) is 5.82 Å². The minimum atomic E-state index is 0.533. The predicted molar refractivity (Wildman–Crippen MR) is 62.6 cm³/mol. The van der Waals surface area contributed by atoms with Crippen LogP contribution in [0.15, 0.2) is 12.3 Å². The summed E-state index contributed by atoms with van der Waals surface area (Å²) < 4.78 is 0. The average molecular weight is 205 g/mol. The van der Waals surface area contributed by atoms with Crippen LogP contribution in [0.25, 0.3) is 0 Å². The van der Waals surface area contributed by atoms with Crippen LogP contribution in [0.5, 0.6) is 0 Å². The van der Waals surface area contributed by atoms with E-state index in [0.29, 0.717) is 11.9 Å². The van der Waals surface area contributed by atoms with Gasteiger partial charge in [0.2, 0.25) is 0 Å². The second-order valence-corrected chi connectivity index (χ2v) is 4.46. The fourth-order valence-corrected chi connectivity index (χ4v) is 2.29. The van der Waals surface area contributed by atoms with E-state index in [1.807, 2.05) is 13.1 Å². The third kappa shape index (κ3) is 2.12. The predicted octanol–water partition coefficient (Wildman–Crippen LogP) is 2.13. The molecule has 1 fully saturated rings. The zero-order valence-corrected chi connectivity index (χ0v) is 9.53. The first-order valence-electron chi connectivity index (χ1n) is 5.61. The van der Waals surface area contributed by atoms with Gasteiger partial charge in [-0.05, 0) is 50.6 Å². The normalized spacial score (nSPS) is 22.9. The molecule has 1 atom stereocenters. The topological polar surface area (TPSA) is 42.2 Å². The first-order chi connectivity index (χ1) is 7.18. The van der Waals surface area contributed by atoms with E-state index in [1.165, 1.54) is 31.4 Å². The number of rotatable bonds is 1. The quantitative estimate of drug-likeness (QED) is 0.763. The van der Waals surface area contributed by atoms with Gasteiger partial charge in [0.25, 0.3) is 0 Å². The third-order valence-electron chi connectivity index (χ3n) is 3.30.